The molecule has 0 aliphatic carbocycles. The van der Waals surface area contributed by atoms with Crippen LogP contribution in [-0.2, 0) is 21.9 Å². The van der Waals surface area contributed by atoms with E-state index >= 15 is 0 Å². The van der Waals surface area contributed by atoms with E-state index in [0.717, 1.165) is 0 Å². The Bertz CT molecular complexity index is 588. The lowest BCUT2D eigenvalue weighted by Crippen LogP contribution is -2.30. The lowest BCUT2D eigenvalue weighted by atomic mass is 9.99. The molecule has 1 aliphatic heterocycles. The van der Waals surface area contributed by atoms with E-state index in [0.29, 0.717) is 5.82 Å². The van der Waals surface area contributed by atoms with Crippen molar-refractivity contribution in [3.63, 3.8) is 0 Å². The number of rotatable bonds is 3. The van der Waals surface area contributed by atoms with Gasteiger partial charge in [0.2, 0.25) is 0 Å². The number of imidazole rings is 1. The molecule has 7 nitrogen and oxygen atoms in total. The summed E-state index contributed by atoms with van der Waals surface area (Å²) in [5.74, 6) is -1.21. The van der Waals surface area contributed by atoms with Gasteiger partial charge in [-0.25, -0.2) is 13.4 Å². The fourth-order valence-corrected chi connectivity index (χ4v) is 3.81. The first-order valence-electron chi connectivity index (χ1n) is 5.96. The maximum absolute atomic E-state index is 12.4. The van der Waals surface area contributed by atoms with Crippen LogP contribution in [0.1, 0.15) is 12.7 Å². The minimum absolute atomic E-state index is 0.00839. The van der Waals surface area contributed by atoms with E-state index in [-0.39, 0.29) is 24.0 Å². The molecule has 2 rings (SSSR count). The van der Waals surface area contributed by atoms with Gasteiger partial charge in [-0.05, 0) is 12.8 Å². The van der Waals surface area contributed by atoms with Crippen molar-refractivity contribution in [3.05, 3.63) is 12.0 Å². The quantitative estimate of drug-likeness (QED) is 0.849. The van der Waals surface area contributed by atoms with Crippen molar-refractivity contribution in [1.82, 2.24) is 13.9 Å². The summed E-state index contributed by atoms with van der Waals surface area (Å²) in [5, 5.41) is 9.02. The summed E-state index contributed by atoms with van der Waals surface area (Å²) in [6.45, 7) is 3.69. The summed E-state index contributed by atoms with van der Waals surface area (Å²) >= 11 is 0. The van der Waals surface area contributed by atoms with Crippen molar-refractivity contribution in [2.45, 2.75) is 18.9 Å². The highest BCUT2D eigenvalue weighted by Crippen LogP contribution is 2.28. The average Bonchev–Trinajstić information content (AvgIpc) is 2.84. The number of nitrogens with zero attached hydrogens (tertiary/aromatic N) is 3. The number of carboxylic acid groups (broad SMARTS) is 1. The largest absolute Gasteiger partial charge is 0.481 e. The minimum atomic E-state index is -3.70. The van der Waals surface area contributed by atoms with Gasteiger partial charge < -0.3 is 9.67 Å². The Labute approximate surface area is 111 Å². The Kier molecular flexibility index (Phi) is 3.40. The van der Waals surface area contributed by atoms with Crippen molar-refractivity contribution < 1.29 is 18.3 Å². The fourth-order valence-electron chi connectivity index (χ4n) is 2.22. The van der Waals surface area contributed by atoms with Gasteiger partial charge in [0.1, 0.15) is 5.82 Å². The summed E-state index contributed by atoms with van der Waals surface area (Å²) in [5.41, 5.74) is 0. The predicted molar refractivity (Wildman–Crippen MR) is 67.0 cm³/mol. The fraction of sp³-hybridized carbons (Fsp3) is 0.636. The molecule has 0 spiro atoms. The van der Waals surface area contributed by atoms with E-state index in [1.54, 1.807) is 25.5 Å². The zero-order valence-corrected chi connectivity index (χ0v) is 11.9. The van der Waals surface area contributed by atoms with Crippen LogP contribution in [0.4, 0.5) is 0 Å². The SMILES string of the molecule is Cc1nc(S(=O)(=O)N2C[C@@H](C)[C@H](C(=O)O)C2)cn1C. The summed E-state index contributed by atoms with van der Waals surface area (Å²) in [6, 6.07) is 0. The van der Waals surface area contributed by atoms with Crippen molar-refractivity contribution in [2.24, 2.45) is 18.9 Å². The van der Waals surface area contributed by atoms with E-state index < -0.39 is 21.9 Å². The van der Waals surface area contributed by atoms with Crippen molar-refractivity contribution in [2.75, 3.05) is 13.1 Å². The lowest BCUT2D eigenvalue weighted by Gasteiger charge is -2.13. The Morgan fingerprint density at radius 1 is 1.47 bits per heavy atom. The van der Waals surface area contributed by atoms with Gasteiger partial charge in [0.15, 0.2) is 5.03 Å². The summed E-state index contributed by atoms with van der Waals surface area (Å²) in [6.07, 6.45) is 1.45. The van der Waals surface area contributed by atoms with Crippen LogP contribution in [0.3, 0.4) is 0 Å². The van der Waals surface area contributed by atoms with Crippen molar-refractivity contribution in [1.29, 1.82) is 0 Å². The number of hydrogen-bond acceptors (Lipinski definition) is 4. The topological polar surface area (TPSA) is 92.5 Å². The minimum Gasteiger partial charge on any atom is -0.481 e. The Balaban J connectivity index is 2.29. The number of carbonyl (C=O) groups is 1. The molecule has 106 valence electrons. The van der Waals surface area contributed by atoms with Crippen LogP contribution < -0.4 is 0 Å². The van der Waals surface area contributed by atoms with E-state index in [4.69, 9.17) is 5.11 Å². The normalized spacial score (nSPS) is 24.8. The molecule has 0 unspecified atom stereocenters. The second-order valence-corrected chi connectivity index (χ2v) is 6.87. The molecular weight excluding hydrogens is 270 g/mol. The van der Waals surface area contributed by atoms with Gasteiger partial charge in [-0.2, -0.15) is 4.31 Å². The highest BCUT2D eigenvalue weighted by atomic mass is 32.2. The van der Waals surface area contributed by atoms with Crippen LogP contribution >= 0.6 is 0 Å². The maximum Gasteiger partial charge on any atom is 0.308 e. The molecule has 2 atom stereocenters. The molecule has 0 bridgehead atoms. The third-order valence-electron chi connectivity index (χ3n) is 3.59. The molecule has 19 heavy (non-hydrogen) atoms. The van der Waals surface area contributed by atoms with Gasteiger partial charge in [0, 0.05) is 26.3 Å². The Morgan fingerprint density at radius 3 is 2.53 bits per heavy atom. The van der Waals surface area contributed by atoms with E-state index in [1.165, 1.54) is 10.5 Å². The second-order valence-electron chi connectivity index (χ2n) is 4.98. The van der Waals surface area contributed by atoms with Crippen LogP contribution in [0.5, 0.6) is 0 Å². The van der Waals surface area contributed by atoms with Crippen LogP contribution in [-0.4, -0.2) is 46.4 Å². The van der Waals surface area contributed by atoms with Crippen molar-refractivity contribution in [3.8, 4) is 0 Å². The first kappa shape index (κ1) is 14.0. The molecule has 0 radical (unpaired) electrons. The standard InChI is InChI=1S/C11H17N3O4S/c1-7-4-14(5-9(7)11(15)16)19(17,18)10-6-13(3)8(2)12-10/h6-7,9H,4-5H2,1-3H3,(H,15,16)/t7-,9-/m1/s1. The van der Waals surface area contributed by atoms with Crippen LogP contribution in [0.2, 0.25) is 0 Å². The van der Waals surface area contributed by atoms with Crippen LogP contribution in [0.25, 0.3) is 0 Å². The third kappa shape index (κ3) is 2.37. The molecule has 1 aromatic rings. The summed E-state index contributed by atoms with van der Waals surface area (Å²) < 4.78 is 27.6. The molecule has 0 amide bonds. The van der Waals surface area contributed by atoms with Gasteiger partial charge in [-0.1, -0.05) is 6.92 Å². The van der Waals surface area contributed by atoms with E-state index in [2.05, 4.69) is 4.98 Å². The highest BCUT2D eigenvalue weighted by Gasteiger charge is 2.41. The maximum atomic E-state index is 12.4. The molecule has 0 saturated carbocycles. The van der Waals surface area contributed by atoms with Gasteiger partial charge in [-0.15, -0.1) is 0 Å². The van der Waals surface area contributed by atoms with E-state index in [1.807, 2.05) is 0 Å². The monoisotopic (exact) mass is 287 g/mol. The second kappa shape index (κ2) is 4.61. The van der Waals surface area contributed by atoms with Crippen LogP contribution in [0.15, 0.2) is 11.2 Å². The zero-order valence-electron chi connectivity index (χ0n) is 11.1. The molecule has 1 saturated heterocycles. The number of aliphatic carboxylic acids is 1. The molecule has 1 fully saturated rings. The lowest BCUT2D eigenvalue weighted by molar-refractivity contribution is -0.142. The van der Waals surface area contributed by atoms with E-state index in [9.17, 15) is 13.2 Å². The third-order valence-corrected chi connectivity index (χ3v) is 5.29. The molecule has 1 aromatic heterocycles. The number of hydrogen-bond donors (Lipinski definition) is 1. The molecule has 1 N–H and O–H groups in total. The molecule has 0 aromatic carbocycles. The first-order valence-corrected chi connectivity index (χ1v) is 7.40. The molecule has 8 heteroatoms. The van der Waals surface area contributed by atoms with Gasteiger partial charge in [0.05, 0.1) is 5.92 Å². The van der Waals surface area contributed by atoms with Gasteiger partial charge in [0.25, 0.3) is 10.0 Å². The molecule has 2 heterocycles. The summed E-state index contributed by atoms with van der Waals surface area (Å²) in [4.78, 5) is 15.0. The molecular formula is C11H17N3O4S. The van der Waals surface area contributed by atoms with Crippen LogP contribution in [0, 0.1) is 18.8 Å². The zero-order chi connectivity index (χ0) is 14.4. The highest BCUT2D eigenvalue weighted by molar-refractivity contribution is 7.89. The Hall–Kier alpha value is -1.41. The summed E-state index contributed by atoms with van der Waals surface area (Å²) in [7, 11) is -1.99. The smallest absolute Gasteiger partial charge is 0.308 e. The predicted octanol–water partition coefficient (Wildman–Crippen LogP) is 0.0697. The molecule has 1 aliphatic rings. The van der Waals surface area contributed by atoms with Crippen molar-refractivity contribution >= 4 is 16.0 Å². The number of aromatic nitrogens is 2. The van der Waals surface area contributed by atoms with Gasteiger partial charge >= 0.3 is 5.97 Å². The van der Waals surface area contributed by atoms with Gasteiger partial charge in [-0.3, -0.25) is 4.79 Å². The average molecular weight is 287 g/mol. The number of sulfonamides is 1. The number of carboxylic acids is 1. The Morgan fingerprint density at radius 2 is 2.11 bits per heavy atom. The first-order chi connectivity index (χ1) is 8.73. The number of aryl methyl sites for hydroxylation is 2.